The number of ether oxygens (including phenoxy) is 1. The number of piperidine rings is 1. The second-order valence-electron chi connectivity index (χ2n) is 7.08. The van der Waals surface area contributed by atoms with Gasteiger partial charge in [0.25, 0.3) is 0 Å². The molecule has 23 heavy (non-hydrogen) atoms. The van der Waals surface area contributed by atoms with Gasteiger partial charge in [0.1, 0.15) is 0 Å². The Kier molecular flexibility index (Phi) is 5.80. The SMILES string of the molecule is CCOc1ccc(N2CCC[C@@H](CNC(=O)C(C)(C)C)C2)nn1. The highest BCUT2D eigenvalue weighted by molar-refractivity contribution is 5.81. The van der Waals surface area contributed by atoms with Gasteiger partial charge in [-0.25, -0.2) is 0 Å². The number of anilines is 1. The Bertz CT molecular complexity index is 510. The minimum absolute atomic E-state index is 0.107. The number of amides is 1. The van der Waals surface area contributed by atoms with Crippen molar-refractivity contribution in [2.24, 2.45) is 11.3 Å². The average molecular weight is 320 g/mol. The van der Waals surface area contributed by atoms with Crippen LogP contribution in [-0.4, -0.2) is 42.3 Å². The number of rotatable bonds is 5. The summed E-state index contributed by atoms with van der Waals surface area (Å²) in [5.41, 5.74) is -0.338. The van der Waals surface area contributed by atoms with Crippen LogP contribution in [0.2, 0.25) is 0 Å². The third-order valence-corrected chi connectivity index (χ3v) is 3.99. The van der Waals surface area contributed by atoms with Gasteiger partial charge >= 0.3 is 0 Å². The van der Waals surface area contributed by atoms with Crippen molar-refractivity contribution in [3.05, 3.63) is 12.1 Å². The number of hydrogen-bond acceptors (Lipinski definition) is 5. The van der Waals surface area contributed by atoms with Gasteiger partial charge in [0.2, 0.25) is 11.8 Å². The van der Waals surface area contributed by atoms with Gasteiger partial charge in [-0.3, -0.25) is 4.79 Å². The molecule has 0 bridgehead atoms. The Morgan fingerprint density at radius 2 is 2.17 bits per heavy atom. The van der Waals surface area contributed by atoms with E-state index in [2.05, 4.69) is 20.4 Å². The van der Waals surface area contributed by atoms with Crippen molar-refractivity contribution >= 4 is 11.7 Å². The molecule has 1 aliphatic heterocycles. The van der Waals surface area contributed by atoms with Gasteiger partial charge in [-0.15, -0.1) is 10.2 Å². The highest BCUT2D eigenvalue weighted by Gasteiger charge is 2.25. The number of carbonyl (C=O) groups excluding carboxylic acids is 1. The van der Waals surface area contributed by atoms with Crippen LogP contribution in [0, 0.1) is 11.3 Å². The van der Waals surface area contributed by atoms with Gasteiger partial charge in [0.15, 0.2) is 5.82 Å². The van der Waals surface area contributed by atoms with Crippen LogP contribution in [0.15, 0.2) is 12.1 Å². The second kappa shape index (κ2) is 7.62. The first kappa shape index (κ1) is 17.5. The lowest BCUT2D eigenvalue weighted by Gasteiger charge is -2.33. The van der Waals surface area contributed by atoms with Gasteiger partial charge in [-0.2, -0.15) is 0 Å². The number of nitrogens with zero attached hydrogens (tertiary/aromatic N) is 3. The van der Waals surface area contributed by atoms with Gasteiger partial charge < -0.3 is 15.0 Å². The van der Waals surface area contributed by atoms with Crippen LogP contribution in [-0.2, 0) is 4.79 Å². The summed E-state index contributed by atoms with van der Waals surface area (Å²) < 4.78 is 5.33. The maximum absolute atomic E-state index is 12.0. The first-order chi connectivity index (χ1) is 10.9. The molecule has 6 heteroatoms. The molecule has 2 rings (SSSR count). The van der Waals surface area contributed by atoms with E-state index in [0.717, 1.165) is 38.3 Å². The van der Waals surface area contributed by atoms with E-state index in [1.807, 2.05) is 39.8 Å². The molecular formula is C17H28N4O2. The minimum Gasteiger partial charge on any atom is -0.477 e. The molecule has 1 atom stereocenters. The largest absolute Gasteiger partial charge is 0.477 e. The lowest BCUT2D eigenvalue weighted by Crippen LogP contribution is -2.43. The first-order valence-electron chi connectivity index (χ1n) is 8.40. The second-order valence-corrected chi connectivity index (χ2v) is 7.08. The van der Waals surface area contributed by atoms with Crippen LogP contribution in [0.3, 0.4) is 0 Å². The fourth-order valence-electron chi connectivity index (χ4n) is 2.65. The number of carbonyl (C=O) groups is 1. The fraction of sp³-hybridized carbons (Fsp3) is 0.706. The predicted molar refractivity (Wildman–Crippen MR) is 90.6 cm³/mol. The average Bonchev–Trinajstić information content (AvgIpc) is 2.53. The van der Waals surface area contributed by atoms with Crippen molar-refractivity contribution in [1.82, 2.24) is 15.5 Å². The van der Waals surface area contributed by atoms with E-state index >= 15 is 0 Å². The van der Waals surface area contributed by atoms with Crippen molar-refractivity contribution in [1.29, 1.82) is 0 Å². The maximum atomic E-state index is 12.0. The molecule has 2 heterocycles. The molecule has 1 aromatic rings. The number of nitrogens with one attached hydrogen (secondary N) is 1. The normalized spacial score (nSPS) is 18.6. The molecule has 1 aromatic heterocycles. The van der Waals surface area contributed by atoms with Crippen LogP contribution in [0.1, 0.15) is 40.5 Å². The molecule has 0 aromatic carbocycles. The van der Waals surface area contributed by atoms with Crippen molar-refractivity contribution in [2.45, 2.75) is 40.5 Å². The van der Waals surface area contributed by atoms with Crippen molar-refractivity contribution in [3.63, 3.8) is 0 Å². The third kappa shape index (κ3) is 5.08. The summed E-state index contributed by atoms with van der Waals surface area (Å²) in [6, 6.07) is 3.81. The molecule has 0 spiro atoms. The Hall–Kier alpha value is -1.85. The molecule has 1 saturated heterocycles. The van der Waals surface area contributed by atoms with Gasteiger partial charge in [-0.1, -0.05) is 20.8 Å². The number of aromatic nitrogens is 2. The Balaban J connectivity index is 1.89. The topological polar surface area (TPSA) is 67.3 Å². The lowest BCUT2D eigenvalue weighted by molar-refractivity contribution is -0.128. The molecular weight excluding hydrogens is 292 g/mol. The van der Waals surface area contributed by atoms with Crippen molar-refractivity contribution < 1.29 is 9.53 Å². The highest BCUT2D eigenvalue weighted by Crippen LogP contribution is 2.22. The van der Waals surface area contributed by atoms with Gasteiger partial charge in [0, 0.05) is 31.1 Å². The molecule has 1 aliphatic rings. The zero-order chi connectivity index (χ0) is 16.9. The zero-order valence-corrected chi connectivity index (χ0v) is 14.6. The predicted octanol–water partition coefficient (Wildman–Crippen LogP) is 2.25. The molecule has 1 N–H and O–H groups in total. The lowest BCUT2D eigenvalue weighted by atomic mass is 9.94. The van der Waals surface area contributed by atoms with Crippen LogP contribution >= 0.6 is 0 Å². The fourth-order valence-corrected chi connectivity index (χ4v) is 2.65. The molecule has 128 valence electrons. The van der Waals surface area contributed by atoms with Crippen LogP contribution in [0.25, 0.3) is 0 Å². The van der Waals surface area contributed by atoms with E-state index in [1.54, 1.807) is 0 Å². The Morgan fingerprint density at radius 3 is 2.78 bits per heavy atom. The molecule has 0 radical (unpaired) electrons. The number of hydrogen-bond donors (Lipinski definition) is 1. The quantitative estimate of drug-likeness (QED) is 0.901. The summed E-state index contributed by atoms with van der Waals surface area (Å²) in [4.78, 5) is 14.2. The monoisotopic (exact) mass is 320 g/mol. The standard InChI is InChI=1S/C17H28N4O2/c1-5-23-15-9-8-14(19-20-15)21-10-6-7-13(12-21)11-18-16(22)17(2,3)4/h8-9,13H,5-7,10-12H2,1-4H3,(H,18,22)/t13-/m0/s1. The van der Waals surface area contributed by atoms with Gasteiger partial charge in [-0.05, 0) is 31.7 Å². The molecule has 6 nitrogen and oxygen atoms in total. The van der Waals surface area contributed by atoms with Crippen molar-refractivity contribution in [3.8, 4) is 5.88 Å². The van der Waals surface area contributed by atoms with E-state index < -0.39 is 0 Å². The summed E-state index contributed by atoms with van der Waals surface area (Å²) in [6.45, 7) is 10.9. The molecule has 0 saturated carbocycles. The van der Waals surface area contributed by atoms with Crippen LogP contribution in [0.5, 0.6) is 5.88 Å². The minimum atomic E-state index is -0.338. The van der Waals surface area contributed by atoms with Crippen LogP contribution < -0.4 is 15.0 Å². The Morgan fingerprint density at radius 1 is 1.39 bits per heavy atom. The summed E-state index contributed by atoms with van der Waals surface area (Å²) in [7, 11) is 0. The van der Waals surface area contributed by atoms with Crippen LogP contribution in [0.4, 0.5) is 5.82 Å². The van der Waals surface area contributed by atoms with E-state index in [9.17, 15) is 4.79 Å². The first-order valence-corrected chi connectivity index (χ1v) is 8.40. The summed E-state index contributed by atoms with van der Waals surface area (Å²) >= 11 is 0. The van der Waals surface area contributed by atoms with Crippen molar-refractivity contribution in [2.75, 3.05) is 31.1 Å². The summed E-state index contributed by atoms with van der Waals surface area (Å²) in [5, 5.41) is 11.4. The molecule has 0 aliphatic carbocycles. The molecule has 1 fully saturated rings. The van der Waals surface area contributed by atoms with E-state index in [-0.39, 0.29) is 11.3 Å². The smallest absolute Gasteiger partial charge is 0.233 e. The molecule has 0 unspecified atom stereocenters. The third-order valence-electron chi connectivity index (χ3n) is 3.99. The van der Waals surface area contributed by atoms with Gasteiger partial charge in [0.05, 0.1) is 6.61 Å². The maximum Gasteiger partial charge on any atom is 0.233 e. The Labute approximate surface area is 138 Å². The summed E-state index contributed by atoms with van der Waals surface area (Å²) in [6.07, 6.45) is 2.23. The van der Waals surface area contributed by atoms with E-state index in [1.165, 1.54) is 0 Å². The zero-order valence-electron chi connectivity index (χ0n) is 14.6. The van der Waals surface area contributed by atoms with E-state index in [4.69, 9.17) is 4.74 Å². The summed E-state index contributed by atoms with van der Waals surface area (Å²) in [5.74, 6) is 1.99. The van der Waals surface area contributed by atoms with E-state index in [0.29, 0.717) is 18.4 Å². The highest BCUT2D eigenvalue weighted by atomic mass is 16.5. The molecule has 1 amide bonds.